The minimum Gasteiger partial charge on any atom is -0.496 e. The van der Waals surface area contributed by atoms with Crippen LogP contribution in [0.15, 0.2) is 17.1 Å². The fraction of sp³-hybridized carbons (Fsp3) is 0.667. The van der Waals surface area contributed by atoms with Gasteiger partial charge in [-0.25, -0.2) is 4.99 Å². The maximum Gasteiger partial charge on any atom is 0.191 e. The standard InChI is InChI=1S/C21H33N3O4/c1-4-22-21(23-7-5-8-27-18-6-9-26-14-18)24-13-17-12-20-16(10-15(2)28-20)11-19(17)25-3/h11-12,15,18H,4-10,13-14H2,1-3H3,(H2,22,23,24). The summed E-state index contributed by atoms with van der Waals surface area (Å²) in [6, 6.07) is 4.14. The number of hydrogen-bond donors (Lipinski definition) is 2. The first-order valence-electron chi connectivity index (χ1n) is 10.3. The second-order valence-electron chi connectivity index (χ2n) is 7.24. The average Bonchev–Trinajstić information content (AvgIpc) is 3.33. The molecule has 1 saturated heterocycles. The summed E-state index contributed by atoms with van der Waals surface area (Å²) >= 11 is 0. The van der Waals surface area contributed by atoms with Crippen LogP contribution in [0.5, 0.6) is 11.5 Å². The minimum absolute atomic E-state index is 0.218. The highest BCUT2D eigenvalue weighted by atomic mass is 16.5. The third-order valence-electron chi connectivity index (χ3n) is 4.91. The highest BCUT2D eigenvalue weighted by Crippen LogP contribution is 2.35. The van der Waals surface area contributed by atoms with Crippen LogP contribution in [0.1, 0.15) is 37.8 Å². The van der Waals surface area contributed by atoms with Crippen molar-refractivity contribution in [3.63, 3.8) is 0 Å². The number of hydrogen-bond acceptors (Lipinski definition) is 5. The molecule has 2 unspecified atom stereocenters. The fourth-order valence-corrected chi connectivity index (χ4v) is 3.47. The van der Waals surface area contributed by atoms with E-state index in [1.165, 1.54) is 5.56 Å². The van der Waals surface area contributed by atoms with E-state index in [1.807, 2.05) is 0 Å². The summed E-state index contributed by atoms with van der Waals surface area (Å²) in [5.74, 6) is 2.61. The number of fused-ring (bicyclic) bond motifs is 1. The zero-order valence-corrected chi connectivity index (χ0v) is 17.3. The number of aliphatic imine (C=N–C) groups is 1. The zero-order valence-electron chi connectivity index (χ0n) is 17.3. The Hall–Kier alpha value is -1.99. The van der Waals surface area contributed by atoms with E-state index in [0.717, 1.165) is 75.2 Å². The van der Waals surface area contributed by atoms with Crippen molar-refractivity contribution < 1.29 is 18.9 Å². The van der Waals surface area contributed by atoms with Gasteiger partial charge in [-0.05, 0) is 38.8 Å². The minimum atomic E-state index is 0.218. The van der Waals surface area contributed by atoms with Crippen molar-refractivity contribution in [1.29, 1.82) is 0 Å². The maximum atomic E-state index is 5.88. The molecule has 0 bridgehead atoms. The molecule has 0 saturated carbocycles. The lowest BCUT2D eigenvalue weighted by Gasteiger charge is -2.14. The molecular weight excluding hydrogens is 358 g/mol. The van der Waals surface area contributed by atoms with Crippen molar-refractivity contribution in [3.05, 3.63) is 23.3 Å². The van der Waals surface area contributed by atoms with Crippen LogP contribution in [0.3, 0.4) is 0 Å². The Kier molecular flexibility index (Phi) is 7.80. The van der Waals surface area contributed by atoms with Crippen molar-refractivity contribution in [3.8, 4) is 11.5 Å². The zero-order chi connectivity index (χ0) is 19.8. The van der Waals surface area contributed by atoms with E-state index in [0.29, 0.717) is 6.54 Å². The van der Waals surface area contributed by atoms with Crippen molar-refractivity contribution in [2.45, 2.75) is 51.9 Å². The van der Waals surface area contributed by atoms with Gasteiger partial charge in [-0.1, -0.05) is 0 Å². The van der Waals surface area contributed by atoms with Crippen LogP contribution in [0.2, 0.25) is 0 Å². The van der Waals surface area contributed by atoms with Crippen LogP contribution in [0.25, 0.3) is 0 Å². The second kappa shape index (κ2) is 10.5. The molecule has 0 radical (unpaired) electrons. The number of ether oxygens (including phenoxy) is 4. The Morgan fingerprint density at radius 2 is 2.21 bits per heavy atom. The number of methoxy groups -OCH3 is 1. The molecule has 2 aliphatic rings. The van der Waals surface area contributed by atoms with Gasteiger partial charge in [0, 0.05) is 43.9 Å². The summed E-state index contributed by atoms with van der Waals surface area (Å²) in [5, 5.41) is 6.66. The summed E-state index contributed by atoms with van der Waals surface area (Å²) in [5.41, 5.74) is 2.23. The van der Waals surface area contributed by atoms with Gasteiger partial charge in [0.1, 0.15) is 17.6 Å². The van der Waals surface area contributed by atoms with Gasteiger partial charge < -0.3 is 29.6 Å². The predicted octanol–water partition coefficient (Wildman–Crippen LogP) is 2.27. The SMILES string of the molecule is CCNC(=NCc1cc2c(cc1OC)CC(C)O2)NCCCOC1CCOC1. The average molecular weight is 392 g/mol. The maximum absolute atomic E-state index is 5.88. The Morgan fingerprint density at radius 3 is 2.96 bits per heavy atom. The number of benzene rings is 1. The molecule has 156 valence electrons. The highest BCUT2D eigenvalue weighted by molar-refractivity contribution is 5.79. The lowest BCUT2D eigenvalue weighted by Crippen LogP contribution is -2.38. The van der Waals surface area contributed by atoms with Crippen molar-refractivity contribution >= 4 is 5.96 Å². The van der Waals surface area contributed by atoms with Crippen LogP contribution >= 0.6 is 0 Å². The molecule has 2 aliphatic heterocycles. The van der Waals surface area contributed by atoms with Crippen molar-refractivity contribution in [2.24, 2.45) is 4.99 Å². The van der Waals surface area contributed by atoms with Gasteiger partial charge in [0.2, 0.25) is 0 Å². The van der Waals surface area contributed by atoms with E-state index in [2.05, 4.69) is 36.6 Å². The summed E-state index contributed by atoms with van der Waals surface area (Å²) in [7, 11) is 1.70. The molecule has 7 heteroatoms. The molecular formula is C21H33N3O4. The Bertz CT molecular complexity index is 659. The van der Waals surface area contributed by atoms with Crippen LogP contribution in [0, 0.1) is 0 Å². The van der Waals surface area contributed by atoms with Gasteiger partial charge in [0.05, 0.1) is 26.4 Å². The summed E-state index contributed by atoms with van der Waals surface area (Å²) in [4.78, 5) is 4.71. The number of rotatable bonds is 9. The fourth-order valence-electron chi connectivity index (χ4n) is 3.47. The van der Waals surface area contributed by atoms with Gasteiger partial charge >= 0.3 is 0 Å². The van der Waals surface area contributed by atoms with Gasteiger partial charge in [-0.3, -0.25) is 0 Å². The molecule has 2 atom stereocenters. The number of nitrogens with zero attached hydrogens (tertiary/aromatic N) is 1. The molecule has 7 nitrogen and oxygen atoms in total. The van der Waals surface area contributed by atoms with E-state index in [9.17, 15) is 0 Å². The third-order valence-corrected chi connectivity index (χ3v) is 4.91. The van der Waals surface area contributed by atoms with E-state index >= 15 is 0 Å². The van der Waals surface area contributed by atoms with Crippen LogP contribution in [-0.2, 0) is 22.4 Å². The van der Waals surface area contributed by atoms with Crippen molar-refractivity contribution in [2.75, 3.05) is 40.0 Å². The molecule has 1 fully saturated rings. The Morgan fingerprint density at radius 1 is 1.32 bits per heavy atom. The Balaban J connectivity index is 1.51. The normalized spacial score (nSPS) is 21.3. The first-order valence-corrected chi connectivity index (χ1v) is 10.3. The topological polar surface area (TPSA) is 73.3 Å². The molecule has 0 aromatic heterocycles. The molecule has 3 rings (SSSR count). The first-order chi connectivity index (χ1) is 13.7. The van der Waals surface area contributed by atoms with Gasteiger partial charge in [-0.15, -0.1) is 0 Å². The molecule has 0 amide bonds. The monoisotopic (exact) mass is 391 g/mol. The van der Waals surface area contributed by atoms with Crippen molar-refractivity contribution in [1.82, 2.24) is 10.6 Å². The highest BCUT2D eigenvalue weighted by Gasteiger charge is 2.21. The second-order valence-corrected chi connectivity index (χ2v) is 7.24. The van der Waals surface area contributed by atoms with E-state index in [-0.39, 0.29) is 12.2 Å². The largest absolute Gasteiger partial charge is 0.496 e. The quantitative estimate of drug-likeness (QED) is 0.382. The summed E-state index contributed by atoms with van der Waals surface area (Å²) in [6.45, 7) is 8.56. The van der Waals surface area contributed by atoms with Gasteiger partial charge in [-0.2, -0.15) is 0 Å². The van der Waals surface area contributed by atoms with Gasteiger partial charge in [0.15, 0.2) is 5.96 Å². The molecule has 2 heterocycles. The summed E-state index contributed by atoms with van der Waals surface area (Å²) in [6.07, 6.45) is 3.33. The third kappa shape index (κ3) is 5.75. The Labute approximate surface area is 167 Å². The van der Waals surface area contributed by atoms with Crippen LogP contribution in [0.4, 0.5) is 0 Å². The first kappa shape index (κ1) is 20.7. The van der Waals surface area contributed by atoms with Gasteiger partial charge in [0.25, 0.3) is 0 Å². The molecule has 0 aliphatic carbocycles. The van der Waals surface area contributed by atoms with E-state index in [1.54, 1.807) is 7.11 Å². The molecule has 1 aromatic carbocycles. The van der Waals surface area contributed by atoms with Crippen LogP contribution in [-0.4, -0.2) is 58.2 Å². The number of guanidine groups is 1. The van der Waals surface area contributed by atoms with E-state index in [4.69, 9.17) is 23.9 Å². The molecule has 1 aromatic rings. The smallest absolute Gasteiger partial charge is 0.191 e. The number of nitrogens with one attached hydrogen (secondary N) is 2. The van der Waals surface area contributed by atoms with Crippen LogP contribution < -0.4 is 20.1 Å². The lowest BCUT2D eigenvalue weighted by atomic mass is 10.1. The lowest BCUT2D eigenvalue weighted by molar-refractivity contribution is 0.0420. The molecule has 0 spiro atoms. The molecule has 28 heavy (non-hydrogen) atoms. The van der Waals surface area contributed by atoms with E-state index < -0.39 is 0 Å². The summed E-state index contributed by atoms with van der Waals surface area (Å²) < 4.78 is 22.6. The molecule has 2 N–H and O–H groups in total. The predicted molar refractivity (Wildman–Crippen MR) is 109 cm³/mol.